The highest BCUT2D eigenvalue weighted by Crippen LogP contribution is 2.32. The Kier molecular flexibility index (Phi) is 7.58. The van der Waals surface area contributed by atoms with Crippen LogP contribution in [-0.4, -0.2) is 82.0 Å². The molecule has 0 aliphatic carbocycles. The van der Waals surface area contributed by atoms with E-state index in [1.54, 1.807) is 6.07 Å². The maximum absolute atomic E-state index is 13.3. The summed E-state index contributed by atoms with van der Waals surface area (Å²) in [6.07, 6.45) is -2.95. The molecule has 5 rings (SSSR count). The predicted molar refractivity (Wildman–Crippen MR) is 137 cm³/mol. The van der Waals surface area contributed by atoms with Gasteiger partial charge in [-0.1, -0.05) is 53.2 Å². The van der Waals surface area contributed by atoms with Crippen molar-refractivity contribution >= 4 is 10.0 Å². The highest BCUT2D eigenvalue weighted by Gasteiger charge is 2.40. The van der Waals surface area contributed by atoms with Crippen LogP contribution in [0.4, 0.5) is 13.2 Å². The molecule has 3 heterocycles. The van der Waals surface area contributed by atoms with E-state index in [9.17, 15) is 21.6 Å². The SMILES string of the molecule is Cc1cccc(CN2CCN(C3CN(Cc4cn(Cc5ccccc5C(F)(F)F)nn4)S(=O)(=O)C3)CC2)c1. The number of aryl methyl sites for hydroxylation is 1. The summed E-state index contributed by atoms with van der Waals surface area (Å²) in [5.74, 6) is 0.0535. The molecule has 2 fully saturated rings. The lowest BCUT2D eigenvalue weighted by atomic mass is 10.1. The van der Waals surface area contributed by atoms with Gasteiger partial charge in [-0.2, -0.15) is 17.5 Å². The number of piperazine rings is 1. The lowest BCUT2D eigenvalue weighted by Crippen LogP contribution is -2.51. The average molecular weight is 549 g/mol. The summed E-state index contributed by atoms with van der Waals surface area (Å²) in [7, 11) is -3.47. The highest BCUT2D eigenvalue weighted by atomic mass is 32.2. The first kappa shape index (κ1) is 26.8. The van der Waals surface area contributed by atoms with Crippen LogP contribution in [0.15, 0.2) is 54.7 Å². The smallest absolute Gasteiger partial charge is 0.297 e. The molecule has 3 aromatic rings. The van der Waals surface area contributed by atoms with Crippen molar-refractivity contribution in [3.8, 4) is 0 Å². The Bertz CT molecular complexity index is 1370. The summed E-state index contributed by atoms with van der Waals surface area (Å²) in [5, 5.41) is 7.98. The molecule has 2 aliphatic rings. The molecule has 0 amide bonds. The van der Waals surface area contributed by atoms with Crippen LogP contribution in [0.25, 0.3) is 0 Å². The Morgan fingerprint density at radius 1 is 0.974 bits per heavy atom. The minimum atomic E-state index is -4.47. The number of nitrogens with zero attached hydrogens (tertiary/aromatic N) is 6. The first-order chi connectivity index (χ1) is 18.1. The fraction of sp³-hybridized carbons (Fsp3) is 0.462. The van der Waals surface area contributed by atoms with Crippen LogP contribution in [0.5, 0.6) is 0 Å². The molecule has 0 N–H and O–H groups in total. The van der Waals surface area contributed by atoms with Crippen molar-refractivity contribution in [2.24, 2.45) is 0 Å². The summed E-state index contributed by atoms with van der Waals surface area (Å²) in [4.78, 5) is 4.64. The first-order valence-corrected chi connectivity index (χ1v) is 14.2. The molecule has 1 atom stereocenters. The molecule has 0 spiro atoms. The van der Waals surface area contributed by atoms with Gasteiger partial charge in [0, 0.05) is 45.3 Å². The first-order valence-electron chi connectivity index (χ1n) is 12.6. The number of benzene rings is 2. The van der Waals surface area contributed by atoms with E-state index in [4.69, 9.17) is 0 Å². The third-order valence-electron chi connectivity index (χ3n) is 7.20. The number of rotatable bonds is 7. The second-order valence-electron chi connectivity index (χ2n) is 10.1. The Hall–Kier alpha value is -2.80. The van der Waals surface area contributed by atoms with Gasteiger partial charge in [-0.15, -0.1) is 5.10 Å². The Morgan fingerprint density at radius 2 is 1.74 bits per heavy atom. The zero-order chi connectivity index (χ0) is 26.9. The number of sulfonamides is 1. The minimum absolute atomic E-state index is 0.0487. The molecule has 2 aliphatic heterocycles. The summed E-state index contributed by atoms with van der Waals surface area (Å²) in [5.41, 5.74) is 2.28. The van der Waals surface area contributed by atoms with Crippen molar-refractivity contribution in [3.05, 3.63) is 82.7 Å². The van der Waals surface area contributed by atoms with Crippen molar-refractivity contribution in [2.75, 3.05) is 38.5 Å². The van der Waals surface area contributed by atoms with Crippen molar-refractivity contribution < 1.29 is 21.6 Å². The van der Waals surface area contributed by atoms with E-state index >= 15 is 0 Å². The number of hydrogen-bond donors (Lipinski definition) is 0. The van der Waals surface area contributed by atoms with Crippen LogP contribution in [-0.2, 0) is 35.8 Å². The number of halogens is 3. The van der Waals surface area contributed by atoms with Crippen LogP contribution >= 0.6 is 0 Å². The summed E-state index contributed by atoms with van der Waals surface area (Å²) in [6, 6.07) is 13.7. The molecular formula is C26H31F3N6O2S. The van der Waals surface area contributed by atoms with Gasteiger partial charge in [0.05, 0.1) is 36.3 Å². The summed E-state index contributed by atoms with van der Waals surface area (Å²) < 4.78 is 68.5. The quantitative estimate of drug-likeness (QED) is 0.452. The van der Waals surface area contributed by atoms with E-state index in [-0.39, 0.29) is 30.4 Å². The normalized spacial score (nSPS) is 21.2. The fourth-order valence-electron chi connectivity index (χ4n) is 5.27. The largest absolute Gasteiger partial charge is 0.416 e. The van der Waals surface area contributed by atoms with Crippen LogP contribution in [0.2, 0.25) is 0 Å². The molecule has 38 heavy (non-hydrogen) atoms. The van der Waals surface area contributed by atoms with Crippen LogP contribution in [0, 0.1) is 6.92 Å². The molecule has 0 saturated carbocycles. The van der Waals surface area contributed by atoms with E-state index in [2.05, 4.69) is 51.3 Å². The lowest BCUT2D eigenvalue weighted by molar-refractivity contribution is -0.138. The van der Waals surface area contributed by atoms with E-state index < -0.39 is 21.8 Å². The molecule has 2 aromatic carbocycles. The second-order valence-corrected chi connectivity index (χ2v) is 12.1. The van der Waals surface area contributed by atoms with Gasteiger partial charge in [0.25, 0.3) is 0 Å². The molecule has 0 bridgehead atoms. The van der Waals surface area contributed by atoms with Crippen LogP contribution in [0.3, 0.4) is 0 Å². The van der Waals surface area contributed by atoms with Gasteiger partial charge in [-0.25, -0.2) is 13.1 Å². The molecule has 2 saturated heterocycles. The molecule has 1 unspecified atom stereocenters. The zero-order valence-corrected chi connectivity index (χ0v) is 22.0. The molecule has 12 heteroatoms. The van der Waals surface area contributed by atoms with E-state index in [1.807, 2.05) is 0 Å². The maximum atomic E-state index is 13.3. The topological polar surface area (TPSA) is 74.6 Å². The van der Waals surface area contributed by atoms with Gasteiger partial charge < -0.3 is 0 Å². The van der Waals surface area contributed by atoms with E-state index in [1.165, 1.54) is 38.4 Å². The van der Waals surface area contributed by atoms with Gasteiger partial charge in [-0.05, 0) is 24.1 Å². The average Bonchev–Trinajstić information content (AvgIpc) is 3.42. The predicted octanol–water partition coefficient (Wildman–Crippen LogP) is 2.99. The molecule has 1 aromatic heterocycles. The molecule has 0 radical (unpaired) electrons. The molecule has 204 valence electrons. The fourth-order valence-corrected chi connectivity index (χ4v) is 7.01. The third-order valence-corrected chi connectivity index (χ3v) is 9.07. The number of aromatic nitrogens is 3. The summed E-state index contributed by atoms with van der Waals surface area (Å²) >= 11 is 0. The lowest BCUT2D eigenvalue weighted by Gasteiger charge is -2.37. The molecule has 8 nitrogen and oxygen atoms in total. The van der Waals surface area contributed by atoms with Gasteiger partial charge in [0.2, 0.25) is 10.0 Å². The van der Waals surface area contributed by atoms with E-state index in [0.29, 0.717) is 12.2 Å². The van der Waals surface area contributed by atoms with Crippen molar-refractivity contribution in [2.45, 2.75) is 38.8 Å². The third kappa shape index (κ3) is 6.25. The maximum Gasteiger partial charge on any atom is 0.416 e. The Labute approximate surface area is 220 Å². The number of alkyl halides is 3. The van der Waals surface area contributed by atoms with Crippen LogP contribution < -0.4 is 0 Å². The van der Waals surface area contributed by atoms with Gasteiger partial charge in [0.15, 0.2) is 0 Å². The number of hydrogen-bond acceptors (Lipinski definition) is 6. The van der Waals surface area contributed by atoms with Gasteiger partial charge in [-0.3, -0.25) is 9.80 Å². The van der Waals surface area contributed by atoms with Gasteiger partial charge >= 0.3 is 6.18 Å². The molecular weight excluding hydrogens is 517 g/mol. The minimum Gasteiger partial charge on any atom is -0.297 e. The zero-order valence-electron chi connectivity index (χ0n) is 21.2. The standard InChI is InChI=1S/C26H31F3N6O2S/c1-20-5-4-6-21(13-20)14-32-9-11-33(12-10-32)24-18-35(38(36,37)19-24)17-23-16-34(31-30-23)15-22-7-2-3-8-25(22)26(27,28)29/h2-8,13,16,24H,9-12,14-15,17-19H2,1H3. The van der Waals surface area contributed by atoms with Crippen molar-refractivity contribution in [3.63, 3.8) is 0 Å². The van der Waals surface area contributed by atoms with Crippen molar-refractivity contribution in [1.29, 1.82) is 0 Å². The van der Waals surface area contributed by atoms with Crippen molar-refractivity contribution in [1.82, 2.24) is 29.1 Å². The second kappa shape index (κ2) is 10.8. The Morgan fingerprint density at radius 3 is 2.47 bits per heavy atom. The van der Waals surface area contributed by atoms with Crippen LogP contribution in [0.1, 0.15) is 27.9 Å². The highest BCUT2D eigenvalue weighted by molar-refractivity contribution is 7.89. The summed E-state index contributed by atoms with van der Waals surface area (Å²) in [6.45, 7) is 6.62. The monoisotopic (exact) mass is 548 g/mol. The van der Waals surface area contributed by atoms with Gasteiger partial charge in [0.1, 0.15) is 0 Å². The Balaban J connectivity index is 1.17. The van der Waals surface area contributed by atoms with E-state index in [0.717, 1.165) is 38.8 Å².